The number of amides is 1. The van der Waals surface area contributed by atoms with Crippen LogP contribution in [0, 0.1) is 0 Å². The molecule has 0 radical (unpaired) electrons. The maximum atomic E-state index is 11.7. The number of carbonyl (C=O) groups is 3. The summed E-state index contributed by atoms with van der Waals surface area (Å²) in [6, 6.07) is 4.64. The fourth-order valence-corrected chi connectivity index (χ4v) is 1.62. The van der Waals surface area contributed by atoms with E-state index in [9.17, 15) is 14.4 Å². The lowest BCUT2D eigenvalue weighted by atomic mass is 10.1. The number of fused-ring (bicyclic) bond motifs is 1. The number of hydrogen-bond acceptors (Lipinski definition) is 4. The van der Waals surface area contributed by atoms with Gasteiger partial charge < -0.3 is 15.2 Å². The molecule has 1 aliphatic heterocycles. The van der Waals surface area contributed by atoms with Gasteiger partial charge in [-0.1, -0.05) is 0 Å². The van der Waals surface area contributed by atoms with Crippen LogP contribution in [0.4, 0.5) is 5.69 Å². The summed E-state index contributed by atoms with van der Waals surface area (Å²) in [5, 5.41) is 11.1. The third kappa shape index (κ3) is 2.65. The molecular formula is C12H11NO5. The normalized spacial score (nSPS) is 13.2. The molecule has 0 spiro atoms. The van der Waals surface area contributed by atoms with E-state index in [4.69, 9.17) is 9.84 Å². The molecule has 0 atom stereocenters. The number of nitrogens with one attached hydrogen (secondary N) is 1. The number of rotatable bonds is 4. The van der Waals surface area contributed by atoms with Gasteiger partial charge >= 0.3 is 5.97 Å². The zero-order valence-corrected chi connectivity index (χ0v) is 9.43. The molecule has 0 fully saturated rings. The first kappa shape index (κ1) is 12.1. The van der Waals surface area contributed by atoms with E-state index in [0.29, 0.717) is 17.0 Å². The highest BCUT2D eigenvalue weighted by molar-refractivity contribution is 6.01. The standard InChI is InChI=1S/C12H11NO5/c14-9(2-4-12(16)17)7-1-3-10-8(5-7)13-11(15)6-18-10/h1,3,5H,2,4,6H2,(H,13,15)(H,16,17). The number of ketones is 1. The lowest BCUT2D eigenvalue weighted by molar-refractivity contribution is -0.137. The average Bonchev–Trinajstić information content (AvgIpc) is 2.34. The minimum atomic E-state index is -1.02. The van der Waals surface area contributed by atoms with Crippen molar-refractivity contribution in [3.8, 4) is 5.75 Å². The van der Waals surface area contributed by atoms with Gasteiger partial charge in [0, 0.05) is 12.0 Å². The zero-order chi connectivity index (χ0) is 13.1. The number of carboxylic acid groups (broad SMARTS) is 1. The lowest BCUT2D eigenvalue weighted by Crippen LogP contribution is -2.25. The second kappa shape index (κ2) is 4.87. The van der Waals surface area contributed by atoms with Crippen LogP contribution in [0.15, 0.2) is 18.2 Å². The number of Topliss-reactive ketones (excluding diaryl/α,β-unsaturated/α-hetero) is 1. The Balaban J connectivity index is 2.15. The van der Waals surface area contributed by atoms with Crippen LogP contribution >= 0.6 is 0 Å². The number of anilines is 1. The predicted octanol–water partition coefficient (Wildman–Crippen LogP) is 1.06. The Bertz CT molecular complexity index is 523. The molecule has 94 valence electrons. The van der Waals surface area contributed by atoms with Crippen LogP contribution in [0.5, 0.6) is 5.75 Å². The van der Waals surface area contributed by atoms with Crippen molar-refractivity contribution in [3.05, 3.63) is 23.8 Å². The summed E-state index contributed by atoms with van der Waals surface area (Å²) in [4.78, 5) is 33.2. The van der Waals surface area contributed by atoms with Gasteiger partial charge in [0.1, 0.15) is 5.75 Å². The highest BCUT2D eigenvalue weighted by Gasteiger charge is 2.18. The maximum absolute atomic E-state index is 11.7. The smallest absolute Gasteiger partial charge is 0.303 e. The van der Waals surface area contributed by atoms with Crippen LogP contribution in [0.25, 0.3) is 0 Å². The summed E-state index contributed by atoms with van der Waals surface area (Å²) in [5.74, 6) is -1.07. The fourth-order valence-electron chi connectivity index (χ4n) is 1.62. The molecule has 0 saturated heterocycles. The molecule has 18 heavy (non-hydrogen) atoms. The molecule has 6 heteroatoms. The molecule has 1 amide bonds. The summed E-state index contributed by atoms with van der Waals surface area (Å²) in [7, 11) is 0. The van der Waals surface area contributed by atoms with Crippen LogP contribution in [-0.4, -0.2) is 29.4 Å². The number of aliphatic carboxylic acids is 1. The number of benzene rings is 1. The minimum Gasteiger partial charge on any atom is -0.482 e. The van der Waals surface area contributed by atoms with Crippen molar-refractivity contribution >= 4 is 23.3 Å². The van der Waals surface area contributed by atoms with Crippen molar-refractivity contribution in [2.24, 2.45) is 0 Å². The lowest BCUT2D eigenvalue weighted by Gasteiger charge is -2.18. The van der Waals surface area contributed by atoms with Gasteiger partial charge in [-0.2, -0.15) is 0 Å². The summed E-state index contributed by atoms with van der Waals surface area (Å²) in [6.07, 6.45) is -0.276. The molecule has 0 aliphatic carbocycles. The second-order valence-corrected chi connectivity index (χ2v) is 3.86. The Kier molecular flexibility index (Phi) is 3.27. The first-order valence-corrected chi connectivity index (χ1v) is 5.38. The SMILES string of the molecule is O=C(O)CCC(=O)c1ccc2c(c1)NC(=O)CO2. The number of ether oxygens (including phenoxy) is 1. The molecule has 1 aliphatic rings. The molecule has 0 aromatic heterocycles. The van der Waals surface area contributed by atoms with Crippen molar-refractivity contribution in [3.63, 3.8) is 0 Å². The van der Waals surface area contributed by atoms with Gasteiger partial charge in [-0.05, 0) is 18.2 Å². The Morgan fingerprint density at radius 2 is 2.11 bits per heavy atom. The molecular weight excluding hydrogens is 238 g/mol. The van der Waals surface area contributed by atoms with E-state index < -0.39 is 5.97 Å². The van der Waals surface area contributed by atoms with E-state index in [1.807, 2.05) is 0 Å². The number of carbonyl (C=O) groups excluding carboxylic acids is 2. The first-order valence-electron chi connectivity index (χ1n) is 5.38. The molecule has 6 nitrogen and oxygen atoms in total. The maximum Gasteiger partial charge on any atom is 0.303 e. The van der Waals surface area contributed by atoms with Crippen LogP contribution in [0.3, 0.4) is 0 Å². The quantitative estimate of drug-likeness (QED) is 0.778. The molecule has 0 bridgehead atoms. The third-order valence-electron chi connectivity index (χ3n) is 2.50. The number of hydrogen-bond donors (Lipinski definition) is 2. The third-order valence-corrected chi connectivity index (χ3v) is 2.50. The van der Waals surface area contributed by atoms with Gasteiger partial charge in [0.25, 0.3) is 5.91 Å². The molecule has 0 unspecified atom stereocenters. The fraction of sp³-hybridized carbons (Fsp3) is 0.250. The Labute approximate surface area is 103 Å². The number of carboxylic acids is 1. The van der Waals surface area contributed by atoms with Crippen LogP contribution in [0.1, 0.15) is 23.2 Å². The van der Waals surface area contributed by atoms with Crippen molar-refractivity contribution in [2.75, 3.05) is 11.9 Å². The van der Waals surface area contributed by atoms with Crippen LogP contribution in [0.2, 0.25) is 0 Å². The molecule has 2 N–H and O–H groups in total. The van der Waals surface area contributed by atoms with Gasteiger partial charge in [-0.3, -0.25) is 14.4 Å². The average molecular weight is 249 g/mol. The minimum absolute atomic E-state index is 0.0424. The van der Waals surface area contributed by atoms with Gasteiger partial charge in [0.15, 0.2) is 12.4 Å². The highest BCUT2D eigenvalue weighted by Crippen LogP contribution is 2.28. The van der Waals surface area contributed by atoms with E-state index >= 15 is 0 Å². The van der Waals surface area contributed by atoms with Gasteiger partial charge in [0.05, 0.1) is 12.1 Å². The van der Waals surface area contributed by atoms with Crippen molar-refractivity contribution in [2.45, 2.75) is 12.8 Å². The topological polar surface area (TPSA) is 92.7 Å². The van der Waals surface area contributed by atoms with Crippen LogP contribution in [-0.2, 0) is 9.59 Å². The van der Waals surface area contributed by atoms with Crippen molar-refractivity contribution in [1.29, 1.82) is 0 Å². The molecule has 1 aromatic carbocycles. The monoisotopic (exact) mass is 249 g/mol. The van der Waals surface area contributed by atoms with E-state index in [-0.39, 0.29) is 31.1 Å². The van der Waals surface area contributed by atoms with Gasteiger partial charge in [-0.25, -0.2) is 0 Å². The van der Waals surface area contributed by atoms with Gasteiger partial charge in [0.2, 0.25) is 0 Å². The molecule has 2 rings (SSSR count). The Morgan fingerprint density at radius 3 is 2.83 bits per heavy atom. The van der Waals surface area contributed by atoms with E-state index in [1.165, 1.54) is 6.07 Å². The van der Waals surface area contributed by atoms with Crippen molar-refractivity contribution in [1.82, 2.24) is 0 Å². The van der Waals surface area contributed by atoms with Crippen LogP contribution < -0.4 is 10.1 Å². The molecule has 1 heterocycles. The Morgan fingerprint density at radius 1 is 1.33 bits per heavy atom. The van der Waals surface area contributed by atoms with E-state index in [1.54, 1.807) is 12.1 Å². The highest BCUT2D eigenvalue weighted by atomic mass is 16.5. The first-order chi connectivity index (χ1) is 8.56. The van der Waals surface area contributed by atoms with Crippen molar-refractivity contribution < 1.29 is 24.2 Å². The second-order valence-electron chi connectivity index (χ2n) is 3.86. The largest absolute Gasteiger partial charge is 0.482 e. The summed E-state index contributed by atoms with van der Waals surface area (Å²) >= 11 is 0. The predicted molar refractivity (Wildman–Crippen MR) is 61.8 cm³/mol. The summed E-state index contributed by atoms with van der Waals surface area (Å²) < 4.78 is 5.15. The van der Waals surface area contributed by atoms with E-state index in [2.05, 4.69) is 5.32 Å². The summed E-state index contributed by atoms with van der Waals surface area (Å²) in [5.41, 5.74) is 0.799. The Hall–Kier alpha value is -2.37. The molecule has 1 aromatic rings. The van der Waals surface area contributed by atoms with E-state index in [0.717, 1.165) is 0 Å². The zero-order valence-electron chi connectivity index (χ0n) is 9.43. The van der Waals surface area contributed by atoms with Gasteiger partial charge in [-0.15, -0.1) is 0 Å². The summed E-state index contributed by atoms with van der Waals surface area (Å²) in [6.45, 7) is -0.0424. The molecule has 0 saturated carbocycles.